The van der Waals surface area contributed by atoms with E-state index in [2.05, 4.69) is 20.4 Å². The maximum atomic E-state index is 5.22. The second-order valence-corrected chi connectivity index (χ2v) is 4.93. The van der Waals surface area contributed by atoms with Crippen molar-refractivity contribution < 1.29 is 4.74 Å². The molecule has 1 aromatic carbocycles. The molecule has 6 nitrogen and oxygen atoms in total. The monoisotopic (exact) mass is 295 g/mol. The number of benzene rings is 1. The highest BCUT2D eigenvalue weighted by Gasteiger charge is 2.03. The van der Waals surface area contributed by atoms with E-state index in [1.807, 2.05) is 43.5 Å². The zero-order chi connectivity index (χ0) is 15.4. The molecule has 0 aliphatic heterocycles. The smallest absolute Gasteiger partial charge is 0.158 e. The predicted octanol–water partition coefficient (Wildman–Crippen LogP) is 2.59. The molecule has 0 atom stereocenters. The first-order chi connectivity index (χ1) is 10.7. The summed E-state index contributed by atoms with van der Waals surface area (Å²) < 4.78 is 6.95. The molecule has 2 aromatic heterocycles. The Morgan fingerprint density at radius 2 is 2.14 bits per heavy atom. The lowest BCUT2D eigenvalue weighted by Gasteiger charge is -2.08. The van der Waals surface area contributed by atoms with Crippen LogP contribution in [0.25, 0.3) is 5.82 Å². The number of ether oxygens (including phenoxy) is 1. The molecule has 3 rings (SSSR count). The van der Waals surface area contributed by atoms with Crippen molar-refractivity contribution in [3.05, 3.63) is 60.2 Å². The Balaban J connectivity index is 1.73. The number of methoxy groups -OCH3 is 1. The van der Waals surface area contributed by atoms with Crippen molar-refractivity contribution in [2.75, 3.05) is 12.4 Å². The maximum absolute atomic E-state index is 5.22. The molecule has 1 N–H and O–H groups in total. The first-order valence-electron chi connectivity index (χ1n) is 6.95. The molecular weight excluding hydrogens is 278 g/mol. The van der Waals surface area contributed by atoms with Crippen molar-refractivity contribution in [2.24, 2.45) is 0 Å². The summed E-state index contributed by atoms with van der Waals surface area (Å²) in [5.41, 5.74) is 2.21. The van der Waals surface area contributed by atoms with Crippen LogP contribution in [0.3, 0.4) is 0 Å². The minimum atomic E-state index is 0.659. The molecule has 22 heavy (non-hydrogen) atoms. The lowest BCUT2D eigenvalue weighted by Crippen LogP contribution is -2.04. The molecular formula is C16H17N5O. The standard InChI is InChI=1S/C16H17N5O/c1-12-8-20-21(10-12)16-7-15(18-11-19-16)17-9-13-4-3-5-14(6-13)22-2/h3-8,10-11H,9H2,1-2H3,(H,17,18,19). The van der Waals surface area contributed by atoms with Gasteiger partial charge in [0, 0.05) is 18.8 Å². The zero-order valence-corrected chi connectivity index (χ0v) is 12.5. The number of aromatic nitrogens is 4. The third-order valence-electron chi connectivity index (χ3n) is 3.21. The van der Waals surface area contributed by atoms with Gasteiger partial charge in [-0.25, -0.2) is 14.6 Å². The Bertz CT molecular complexity index is 768. The van der Waals surface area contributed by atoms with Gasteiger partial charge in [-0.05, 0) is 30.2 Å². The van der Waals surface area contributed by atoms with E-state index >= 15 is 0 Å². The molecule has 0 amide bonds. The molecule has 0 unspecified atom stereocenters. The summed E-state index contributed by atoms with van der Waals surface area (Å²) in [7, 11) is 1.66. The van der Waals surface area contributed by atoms with Crippen LogP contribution in [0.4, 0.5) is 5.82 Å². The number of nitrogens with zero attached hydrogens (tertiary/aromatic N) is 4. The lowest BCUT2D eigenvalue weighted by molar-refractivity contribution is 0.414. The van der Waals surface area contributed by atoms with Gasteiger partial charge in [0.05, 0.1) is 13.3 Å². The molecule has 0 bridgehead atoms. The summed E-state index contributed by atoms with van der Waals surface area (Å²) in [6, 6.07) is 9.78. The molecule has 0 spiro atoms. The van der Waals surface area contributed by atoms with Gasteiger partial charge in [-0.3, -0.25) is 0 Å². The van der Waals surface area contributed by atoms with Crippen LogP contribution in [0.5, 0.6) is 5.75 Å². The van der Waals surface area contributed by atoms with Crippen LogP contribution in [0.1, 0.15) is 11.1 Å². The largest absolute Gasteiger partial charge is 0.497 e. The number of anilines is 1. The second-order valence-electron chi connectivity index (χ2n) is 4.93. The van der Waals surface area contributed by atoms with Crippen LogP contribution in [0.15, 0.2) is 49.1 Å². The van der Waals surface area contributed by atoms with Crippen molar-refractivity contribution in [3.63, 3.8) is 0 Å². The summed E-state index contributed by atoms with van der Waals surface area (Å²) in [6.45, 7) is 2.65. The van der Waals surface area contributed by atoms with Crippen molar-refractivity contribution in [2.45, 2.75) is 13.5 Å². The van der Waals surface area contributed by atoms with Crippen LogP contribution in [-0.2, 0) is 6.54 Å². The molecule has 0 aliphatic carbocycles. The van der Waals surface area contributed by atoms with Crippen LogP contribution in [0.2, 0.25) is 0 Å². The molecule has 2 heterocycles. The highest BCUT2D eigenvalue weighted by molar-refractivity contribution is 5.41. The number of hydrogen-bond donors (Lipinski definition) is 1. The SMILES string of the molecule is COc1cccc(CNc2cc(-n3cc(C)cn3)ncn2)c1. The quantitative estimate of drug-likeness (QED) is 0.783. The van der Waals surface area contributed by atoms with E-state index in [0.29, 0.717) is 6.54 Å². The zero-order valence-electron chi connectivity index (χ0n) is 12.5. The molecule has 0 radical (unpaired) electrons. The van der Waals surface area contributed by atoms with Gasteiger partial charge in [-0.15, -0.1) is 0 Å². The number of nitrogens with one attached hydrogen (secondary N) is 1. The lowest BCUT2D eigenvalue weighted by atomic mass is 10.2. The first-order valence-corrected chi connectivity index (χ1v) is 6.95. The Morgan fingerprint density at radius 3 is 2.91 bits per heavy atom. The van der Waals surface area contributed by atoms with Gasteiger partial charge in [0.15, 0.2) is 5.82 Å². The highest BCUT2D eigenvalue weighted by atomic mass is 16.5. The van der Waals surface area contributed by atoms with Crippen LogP contribution >= 0.6 is 0 Å². The number of hydrogen-bond acceptors (Lipinski definition) is 5. The second kappa shape index (κ2) is 6.26. The Hall–Kier alpha value is -2.89. The van der Waals surface area contributed by atoms with E-state index in [1.54, 1.807) is 18.0 Å². The van der Waals surface area contributed by atoms with Crippen molar-refractivity contribution in [1.82, 2.24) is 19.7 Å². The molecule has 112 valence electrons. The Morgan fingerprint density at radius 1 is 1.23 bits per heavy atom. The van der Waals surface area contributed by atoms with E-state index < -0.39 is 0 Å². The van der Waals surface area contributed by atoms with E-state index in [-0.39, 0.29) is 0 Å². The minimum Gasteiger partial charge on any atom is -0.497 e. The Labute approximate surface area is 128 Å². The minimum absolute atomic E-state index is 0.659. The Kier molecular flexibility index (Phi) is 4.00. The first kappa shape index (κ1) is 14.1. The van der Waals surface area contributed by atoms with Gasteiger partial charge < -0.3 is 10.1 Å². The van der Waals surface area contributed by atoms with Gasteiger partial charge in [-0.2, -0.15) is 5.10 Å². The van der Waals surface area contributed by atoms with Crippen molar-refractivity contribution in [1.29, 1.82) is 0 Å². The van der Waals surface area contributed by atoms with Crippen molar-refractivity contribution in [3.8, 4) is 11.6 Å². The van der Waals surface area contributed by atoms with Crippen LogP contribution in [0, 0.1) is 6.92 Å². The van der Waals surface area contributed by atoms with E-state index in [1.165, 1.54) is 6.33 Å². The normalized spacial score (nSPS) is 10.5. The predicted molar refractivity (Wildman–Crippen MR) is 84.2 cm³/mol. The molecule has 0 fully saturated rings. The highest BCUT2D eigenvalue weighted by Crippen LogP contribution is 2.14. The van der Waals surface area contributed by atoms with Crippen LogP contribution < -0.4 is 10.1 Å². The van der Waals surface area contributed by atoms with Crippen molar-refractivity contribution >= 4 is 5.82 Å². The third-order valence-corrected chi connectivity index (χ3v) is 3.21. The molecule has 0 aliphatic rings. The summed E-state index contributed by atoms with van der Waals surface area (Å²) >= 11 is 0. The number of aryl methyl sites for hydroxylation is 1. The fourth-order valence-corrected chi connectivity index (χ4v) is 2.08. The summed E-state index contributed by atoms with van der Waals surface area (Å²) in [6.07, 6.45) is 5.25. The maximum Gasteiger partial charge on any atom is 0.158 e. The van der Waals surface area contributed by atoms with Gasteiger partial charge in [0.1, 0.15) is 17.9 Å². The molecule has 0 saturated carbocycles. The average Bonchev–Trinajstić information content (AvgIpc) is 3.00. The topological polar surface area (TPSA) is 64.9 Å². The molecule has 0 saturated heterocycles. The van der Waals surface area contributed by atoms with Gasteiger partial charge >= 0.3 is 0 Å². The van der Waals surface area contributed by atoms with Gasteiger partial charge in [0.25, 0.3) is 0 Å². The molecule has 3 aromatic rings. The van der Waals surface area contributed by atoms with Crippen LogP contribution in [-0.4, -0.2) is 26.9 Å². The van der Waals surface area contributed by atoms with E-state index in [9.17, 15) is 0 Å². The van der Waals surface area contributed by atoms with E-state index in [0.717, 1.165) is 28.5 Å². The van der Waals surface area contributed by atoms with Gasteiger partial charge in [-0.1, -0.05) is 12.1 Å². The summed E-state index contributed by atoms with van der Waals surface area (Å²) in [4.78, 5) is 8.47. The average molecular weight is 295 g/mol. The van der Waals surface area contributed by atoms with E-state index in [4.69, 9.17) is 4.74 Å². The third kappa shape index (κ3) is 3.22. The molecule has 6 heteroatoms. The van der Waals surface area contributed by atoms with Gasteiger partial charge in [0.2, 0.25) is 0 Å². The fourth-order valence-electron chi connectivity index (χ4n) is 2.08. The summed E-state index contributed by atoms with van der Waals surface area (Å²) in [5, 5.41) is 7.53. The fraction of sp³-hybridized carbons (Fsp3) is 0.188. The summed E-state index contributed by atoms with van der Waals surface area (Å²) in [5.74, 6) is 2.33. The number of rotatable bonds is 5.